The largest absolute Gasteiger partial charge is 0.485 e. The molecule has 25 rings (SSSR count). The predicted octanol–water partition coefficient (Wildman–Crippen LogP) is 15.7. The molecule has 37 nitrogen and oxygen atoms in total. The first kappa shape index (κ1) is 95.5. The summed E-state index contributed by atoms with van der Waals surface area (Å²) in [5.41, 5.74) is 23.8. The van der Waals surface area contributed by atoms with Crippen LogP contribution in [0.1, 0.15) is 117 Å². The summed E-state index contributed by atoms with van der Waals surface area (Å²) in [5.74, 6) is 2.22. The van der Waals surface area contributed by atoms with Crippen molar-refractivity contribution in [2.24, 2.45) is 40.0 Å². The van der Waals surface area contributed by atoms with Crippen molar-refractivity contribution in [2.45, 2.75) is 103 Å². The number of ether oxygens (including phenoxy) is 3. The topological polar surface area (TPSA) is 472 Å². The smallest absolute Gasteiger partial charge is 0.183 e. The van der Waals surface area contributed by atoms with Gasteiger partial charge in [-0.15, -0.1) is 0 Å². The number of pyridine rings is 11. The Bertz CT molecular complexity index is 8220. The number of piperidine rings is 4. The van der Waals surface area contributed by atoms with Crippen LogP contribution >= 0.6 is 0 Å². The van der Waals surface area contributed by atoms with Gasteiger partial charge in [0.2, 0.25) is 0 Å². The maximum Gasteiger partial charge on any atom is 0.183 e. The zero-order valence-electron chi connectivity index (χ0n) is 82.3. The van der Waals surface area contributed by atoms with Crippen molar-refractivity contribution in [3.05, 3.63) is 212 Å². The molecule has 0 aliphatic carbocycles. The number of aromatic nitrogens is 24. The number of nitrogens with zero attached hydrogens (tertiary/aromatic N) is 27. The van der Waals surface area contributed by atoms with Gasteiger partial charge in [-0.1, -0.05) is 13.8 Å². The molecule has 5 saturated heterocycles. The minimum Gasteiger partial charge on any atom is -0.485 e. The number of nitrogens with one attached hydrogen (secondary N) is 7. The van der Waals surface area contributed by atoms with E-state index in [1.807, 2.05) is 121 Å². The van der Waals surface area contributed by atoms with Crippen LogP contribution in [0.3, 0.4) is 0 Å². The molecule has 5 aliphatic rings. The van der Waals surface area contributed by atoms with Crippen molar-refractivity contribution < 1.29 is 14.2 Å². The number of likely N-dealkylation sites (tertiary alicyclic amines) is 2. The van der Waals surface area contributed by atoms with Crippen molar-refractivity contribution >= 4 is 110 Å². The van der Waals surface area contributed by atoms with Crippen LogP contribution < -0.4 is 20.1 Å². The number of fused-ring (bicyclic) bond motifs is 15. The second-order valence-electron chi connectivity index (χ2n) is 38.1. The first-order chi connectivity index (χ1) is 71.6. The van der Waals surface area contributed by atoms with Crippen LogP contribution in [0, 0.1) is 68.5 Å². The summed E-state index contributed by atoms with van der Waals surface area (Å²) in [6, 6.07) is 25.9. The molecule has 37 heteroatoms. The first-order valence-electron chi connectivity index (χ1n) is 50.0. The fraction of sp³-hybridized carbons (Fsp3) is 0.339. The molecule has 20 aromatic heterocycles. The van der Waals surface area contributed by atoms with Crippen molar-refractivity contribution in [3.63, 3.8) is 0 Å². The SMILES string of the molecule is CCN1CCC(Cc2c(C#N)ncc3[nH]c4ncc(-c5ccncc5)cc4c23)CC1.CCN1CCC(Cc2c(C#N)ncc3[nH]c4ncc(-c5cnn(C)c5)cc4c23)CC1.Cn1cc(-c2cnc3[nH]c4cnc(C#N)c(CCCN5CCOCC5)c4c3c2)cn1.Cn1cc(-c2cnc3[nH]c4cnc(C#N)c(OC5CCCNC5)c4c3c2)cn1.Cn1cc(-c2cnc3[nH]c4cnc(C#N)c(O[C@H]5CCCNC5)c4c3c2)cn1. The van der Waals surface area contributed by atoms with Crippen molar-refractivity contribution in [3.8, 4) is 97.5 Å². The van der Waals surface area contributed by atoms with Gasteiger partial charge in [0.1, 0.15) is 87.9 Å². The summed E-state index contributed by atoms with van der Waals surface area (Å²) in [5, 5.41) is 82.1. The van der Waals surface area contributed by atoms with Gasteiger partial charge in [0.25, 0.3) is 0 Å². The highest BCUT2D eigenvalue weighted by atomic mass is 16.5. The molecule has 5 aliphatic heterocycles. The molecular formula is C109H110N34O3. The van der Waals surface area contributed by atoms with Crippen LogP contribution in [-0.2, 0) is 52.2 Å². The molecule has 0 spiro atoms. The third-order valence-corrected chi connectivity index (χ3v) is 28.7. The molecule has 20 aromatic rings. The van der Waals surface area contributed by atoms with Crippen LogP contribution in [0.4, 0.5) is 0 Å². The van der Waals surface area contributed by atoms with Crippen LogP contribution in [0.25, 0.3) is 165 Å². The van der Waals surface area contributed by atoms with Crippen LogP contribution in [-0.4, -0.2) is 244 Å². The molecule has 7 N–H and O–H groups in total. The van der Waals surface area contributed by atoms with E-state index in [1.54, 1.807) is 62.1 Å². The molecule has 0 bridgehead atoms. The number of aromatic amines is 5. The highest BCUT2D eigenvalue weighted by Crippen LogP contribution is 2.43. The van der Waals surface area contributed by atoms with Gasteiger partial charge in [-0.25, -0.2) is 49.8 Å². The fourth-order valence-electron chi connectivity index (χ4n) is 21.0. The monoisotopic (exact) mass is 1940 g/mol. The maximum atomic E-state index is 9.78. The Morgan fingerprint density at radius 2 is 0.678 bits per heavy atom. The highest BCUT2D eigenvalue weighted by Gasteiger charge is 2.30. The molecule has 1 unspecified atom stereocenters. The van der Waals surface area contributed by atoms with Gasteiger partial charge in [-0.3, -0.25) is 28.6 Å². The molecular weight excluding hydrogens is 1830 g/mol. The van der Waals surface area contributed by atoms with Crippen LogP contribution in [0.15, 0.2) is 166 Å². The quantitative estimate of drug-likeness (QED) is 0.0395. The number of nitriles is 5. The van der Waals surface area contributed by atoms with Crippen molar-refractivity contribution in [1.82, 2.24) is 144 Å². The van der Waals surface area contributed by atoms with E-state index in [2.05, 4.69) is 200 Å². The van der Waals surface area contributed by atoms with Crippen molar-refractivity contribution in [2.75, 3.05) is 98.3 Å². The Labute approximate surface area is 840 Å². The van der Waals surface area contributed by atoms with E-state index in [0.29, 0.717) is 51.8 Å². The molecule has 5 fully saturated rings. The van der Waals surface area contributed by atoms with Gasteiger partial charge < -0.3 is 59.6 Å². The second kappa shape index (κ2) is 42.8. The first-order valence-corrected chi connectivity index (χ1v) is 50.0. The van der Waals surface area contributed by atoms with E-state index >= 15 is 0 Å². The second-order valence-corrected chi connectivity index (χ2v) is 38.1. The Morgan fingerprint density at radius 3 is 1.00 bits per heavy atom. The molecule has 146 heavy (non-hydrogen) atoms. The number of H-pyrrole nitrogens is 5. The number of morpholine rings is 1. The van der Waals surface area contributed by atoms with Gasteiger partial charge in [-0.2, -0.15) is 46.7 Å². The minimum atomic E-state index is 0.0210. The molecule has 0 amide bonds. The van der Waals surface area contributed by atoms with E-state index < -0.39 is 0 Å². The highest BCUT2D eigenvalue weighted by molar-refractivity contribution is 6.14. The summed E-state index contributed by atoms with van der Waals surface area (Å²) < 4.78 is 25.1. The maximum absolute atomic E-state index is 9.78. The van der Waals surface area contributed by atoms with Gasteiger partial charge in [0.05, 0.1) is 107 Å². The normalized spacial score (nSPS) is 16.1. The summed E-state index contributed by atoms with van der Waals surface area (Å²) in [6.07, 6.45) is 48.9. The van der Waals surface area contributed by atoms with E-state index in [0.717, 1.165) is 357 Å². The van der Waals surface area contributed by atoms with Crippen LogP contribution in [0.5, 0.6) is 11.5 Å². The lowest BCUT2D eigenvalue weighted by Gasteiger charge is -2.31. The zero-order chi connectivity index (χ0) is 99.8. The number of rotatable bonds is 19. The zero-order valence-corrected chi connectivity index (χ0v) is 82.3. The Balaban J connectivity index is 0.000000107. The van der Waals surface area contributed by atoms with Gasteiger partial charge >= 0.3 is 0 Å². The molecule has 0 saturated carbocycles. The average molecular weight is 1940 g/mol. The Kier molecular flexibility index (Phi) is 28.0. The van der Waals surface area contributed by atoms with Crippen molar-refractivity contribution in [1.29, 1.82) is 26.3 Å². The lowest BCUT2D eigenvalue weighted by Crippen LogP contribution is -2.37. The average Bonchev–Trinajstić information content (AvgIpc) is 1.61. The van der Waals surface area contributed by atoms with Crippen LogP contribution in [0.2, 0.25) is 0 Å². The lowest BCUT2D eigenvalue weighted by atomic mass is 9.88. The molecule has 2 atom stereocenters. The number of hydrogen-bond acceptors (Lipinski definition) is 28. The van der Waals surface area contributed by atoms with E-state index in [1.165, 1.54) is 0 Å². The van der Waals surface area contributed by atoms with E-state index in [4.69, 9.17) is 14.2 Å². The minimum absolute atomic E-state index is 0.0210. The number of hydrogen-bond donors (Lipinski definition) is 7. The Morgan fingerprint density at radius 1 is 0.356 bits per heavy atom. The summed E-state index contributed by atoms with van der Waals surface area (Å²) >= 11 is 0. The predicted molar refractivity (Wildman–Crippen MR) is 558 cm³/mol. The third kappa shape index (κ3) is 20.2. The van der Waals surface area contributed by atoms with Gasteiger partial charge in [-0.05, 0) is 213 Å². The Hall–Kier alpha value is -16.7. The molecule has 0 radical (unpaired) electrons. The lowest BCUT2D eigenvalue weighted by molar-refractivity contribution is 0.0375. The van der Waals surface area contributed by atoms with E-state index in [9.17, 15) is 26.3 Å². The van der Waals surface area contributed by atoms with Gasteiger partial charge in [0.15, 0.2) is 22.9 Å². The molecule has 25 heterocycles. The summed E-state index contributed by atoms with van der Waals surface area (Å²) in [6.45, 7) is 19.3. The van der Waals surface area contributed by atoms with E-state index in [-0.39, 0.29) is 12.2 Å². The standard InChI is InChI=1S/C24H24N6.C23H25N7.C22H23N7O.2C20H19N7O/c1-2-30-9-5-16(6-10-30)11-19-21(13-25)27-15-22-23(19)20-12-18(14-28-24(20)29-22)17-3-7-26-8-4-17;1-3-30-6-4-15(5-7-30)8-18-20(10-24)25-13-21-22(18)19-9-16(11-26-23(19)28-21)17-12-27-29(2)14-17;1-28-14-16(12-26-28)15-9-18-21-17(3-2-4-29-5-7-30-8-6-29)19(10-23)24-13-20(21)27-22(18)25-11-15;2*1-27-11-13(8-25-27)12-5-15-18-17(26-20(15)24-7-12)10-23-16(6-21)19(18)28-14-3-2-4-22-9-14/h3-4,7-8,12,14-16H,2,5-6,9-11H2,1H3,(H,28,29);9,11-15H,3-8H2,1-2H3,(H,26,28);9,11-14H,2-8H2,1H3,(H,25,27);2*5,7-8,10-11,14,22H,2-4,9H2,1H3,(H,24,26)/t;;;14-;/m...0./s1. The molecule has 0 aromatic carbocycles. The fourth-order valence-corrected chi connectivity index (χ4v) is 21.0. The van der Waals surface area contributed by atoms with Gasteiger partial charge in [0, 0.05) is 216 Å². The number of aryl methyl sites for hydroxylation is 5. The summed E-state index contributed by atoms with van der Waals surface area (Å²) in [4.78, 5) is 73.3. The molecule has 734 valence electrons. The summed E-state index contributed by atoms with van der Waals surface area (Å²) in [7, 11) is 7.58. The third-order valence-electron chi connectivity index (χ3n) is 28.7.